The van der Waals surface area contributed by atoms with Crippen molar-refractivity contribution in [2.24, 2.45) is 5.92 Å². The van der Waals surface area contributed by atoms with Crippen LogP contribution >= 0.6 is 0 Å². The van der Waals surface area contributed by atoms with Crippen molar-refractivity contribution in [3.05, 3.63) is 41.0 Å². The maximum atomic E-state index is 15.1. The first-order valence-electron chi connectivity index (χ1n) is 8.99. The Morgan fingerprint density at radius 1 is 1.35 bits per heavy atom. The molecule has 138 valence electrons. The lowest BCUT2D eigenvalue weighted by Crippen LogP contribution is -2.32. The van der Waals surface area contributed by atoms with Gasteiger partial charge in [-0.2, -0.15) is 13.9 Å². The predicted octanol–water partition coefficient (Wildman–Crippen LogP) is 3.86. The largest absolute Gasteiger partial charge is 0.490 e. The molecule has 4 rings (SSSR count). The van der Waals surface area contributed by atoms with E-state index >= 15 is 8.78 Å². The van der Waals surface area contributed by atoms with E-state index in [1.54, 1.807) is 13.1 Å². The summed E-state index contributed by atoms with van der Waals surface area (Å²) in [5.74, 6) is -2.96. The van der Waals surface area contributed by atoms with E-state index in [9.17, 15) is 4.79 Å². The number of aromatic nitrogens is 3. The molecule has 0 spiro atoms. The summed E-state index contributed by atoms with van der Waals surface area (Å²) in [6, 6.07) is 3.15. The maximum Gasteiger partial charge on any atom is 0.296 e. The number of ether oxygens (including phenoxy) is 1. The molecule has 3 heterocycles. The lowest BCUT2D eigenvalue weighted by molar-refractivity contribution is -0.0313. The standard InChI is InChI=1S/C19H21F2N3O2/c1-12-8-15-18(16(9-25)23-12)26-10-13-4-2-3-5-14(13)17-6-7-22-24(17)11-19(15,20)21/h6-9,13-14H,2-5,10-11H2,1H3. The number of alkyl halides is 2. The van der Waals surface area contributed by atoms with Gasteiger partial charge in [0.25, 0.3) is 5.92 Å². The van der Waals surface area contributed by atoms with E-state index in [0.29, 0.717) is 18.6 Å². The molecule has 1 saturated carbocycles. The number of aldehydes is 1. The van der Waals surface area contributed by atoms with Crippen molar-refractivity contribution in [3.63, 3.8) is 0 Å². The van der Waals surface area contributed by atoms with Crippen LogP contribution in [0.2, 0.25) is 0 Å². The van der Waals surface area contributed by atoms with Gasteiger partial charge in [0.15, 0.2) is 12.0 Å². The topological polar surface area (TPSA) is 57.0 Å². The number of rotatable bonds is 1. The van der Waals surface area contributed by atoms with Crippen molar-refractivity contribution in [2.45, 2.75) is 51.0 Å². The first-order valence-corrected chi connectivity index (χ1v) is 8.99. The number of hydrogen-bond donors (Lipinski definition) is 0. The number of carbonyl (C=O) groups excluding carboxylic acids is 1. The Balaban J connectivity index is 1.86. The van der Waals surface area contributed by atoms with Crippen LogP contribution in [-0.2, 0) is 12.5 Å². The van der Waals surface area contributed by atoms with E-state index in [1.807, 2.05) is 6.07 Å². The van der Waals surface area contributed by atoms with E-state index in [-0.39, 0.29) is 28.8 Å². The molecule has 2 unspecified atom stereocenters. The number of pyridine rings is 1. The summed E-state index contributed by atoms with van der Waals surface area (Å²) in [6.45, 7) is 1.32. The van der Waals surface area contributed by atoms with Gasteiger partial charge in [-0.25, -0.2) is 4.98 Å². The van der Waals surface area contributed by atoms with Crippen molar-refractivity contribution in [1.82, 2.24) is 14.8 Å². The van der Waals surface area contributed by atoms with Gasteiger partial charge in [-0.15, -0.1) is 0 Å². The molecule has 0 radical (unpaired) electrons. The third-order valence-electron chi connectivity index (χ3n) is 5.46. The maximum absolute atomic E-state index is 15.1. The van der Waals surface area contributed by atoms with E-state index in [1.165, 1.54) is 10.7 Å². The average molecular weight is 361 g/mol. The summed E-state index contributed by atoms with van der Waals surface area (Å²) in [6.07, 6.45) is 6.15. The van der Waals surface area contributed by atoms with Crippen LogP contribution in [0.4, 0.5) is 8.78 Å². The van der Waals surface area contributed by atoms with Gasteiger partial charge >= 0.3 is 0 Å². The zero-order valence-corrected chi connectivity index (χ0v) is 14.6. The molecule has 1 aliphatic heterocycles. The van der Waals surface area contributed by atoms with Crippen LogP contribution in [-0.4, -0.2) is 27.7 Å². The molecule has 2 aromatic heterocycles. The fraction of sp³-hybridized carbons (Fsp3) is 0.526. The number of aryl methyl sites for hydroxylation is 1. The highest BCUT2D eigenvalue weighted by Gasteiger charge is 2.41. The molecule has 2 atom stereocenters. The second-order valence-corrected chi connectivity index (χ2v) is 7.22. The van der Waals surface area contributed by atoms with Gasteiger partial charge in [0, 0.05) is 29.4 Å². The summed E-state index contributed by atoms with van der Waals surface area (Å²) in [7, 11) is 0. The fourth-order valence-corrected chi connectivity index (χ4v) is 4.24. The third-order valence-corrected chi connectivity index (χ3v) is 5.46. The van der Waals surface area contributed by atoms with Crippen LogP contribution in [0.25, 0.3) is 0 Å². The number of fused-ring (bicyclic) bond motifs is 4. The van der Waals surface area contributed by atoms with Crippen LogP contribution in [0.1, 0.15) is 59.0 Å². The van der Waals surface area contributed by atoms with Crippen molar-refractivity contribution in [1.29, 1.82) is 0 Å². The summed E-state index contributed by atoms with van der Waals surface area (Å²) in [4.78, 5) is 15.5. The minimum atomic E-state index is -3.22. The minimum Gasteiger partial charge on any atom is -0.490 e. The molecule has 1 aliphatic carbocycles. The molecular weight excluding hydrogens is 340 g/mol. The molecule has 0 saturated heterocycles. The Morgan fingerprint density at radius 2 is 2.15 bits per heavy atom. The summed E-state index contributed by atoms with van der Waals surface area (Å²) in [5, 5.41) is 4.17. The first-order chi connectivity index (χ1) is 12.5. The van der Waals surface area contributed by atoms with Gasteiger partial charge < -0.3 is 4.74 Å². The first kappa shape index (κ1) is 17.1. The Kier molecular flexibility index (Phi) is 4.25. The molecule has 0 amide bonds. The predicted molar refractivity (Wildman–Crippen MR) is 90.7 cm³/mol. The minimum absolute atomic E-state index is 0.0618. The van der Waals surface area contributed by atoms with Crippen molar-refractivity contribution in [3.8, 4) is 5.75 Å². The Hall–Kier alpha value is -2.31. The lowest BCUT2D eigenvalue weighted by atomic mass is 9.77. The average Bonchev–Trinajstić information content (AvgIpc) is 3.06. The highest BCUT2D eigenvalue weighted by atomic mass is 19.3. The summed E-state index contributed by atoms with van der Waals surface area (Å²) < 4.78 is 37.5. The highest BCUT2D eigenvalue weighted by Crippen LogP contribution is 2.43. The molecule has 0 aromatic carbocycles. The molecule has 0 bridgehead atoms. The van der Waals surface area contributed by atoms with E-state index in [4.69, 9.17) is 4.74 Å². The Morgan fingerprint density at radius 3 is 2.96 bits per heavy atom. The van der Waals surface area contributed by atoms with Crippen LogP contribution in [0.5, 0.6) is 5.75 Å². The van der Waals surface area contributed by atoms with Crippen LogP contribution in [0.3, 0.4) is 0 Å². The molecule has 0 N–H and O–H groups in total. The van der Waals surface area contributed by atoms with Crippen molar-refractivity contribution < 1.29 is 18.3 Å². The van der Waals surface area contributed by atoms with E-state index in [0.717, 1.165) is 31.4 Å². The van der Waals surface area contributed by atoms with Gasteiger partial charge in [0.1, 0.15) is 12.2 Å². The monoisotopic (exact) mass is 361 g/mol. The van der Waals surface area contributed by atoms with Crippen LogP contribution in [0.15, 0.2) is 18.3 Å². The van der Waals surface area contributed by atoms with Gasteiger partial charge in [0.05, 0.1) is 12.2 Å². The summed E-state index contributed by atoms with van der Waals surface area (Å²) in [5.41, 5.74) is 0.862. The molecule has 7 heteroatoms. The molecule has 5 nitrogen and oxygen atoms in total. The molecule has 1 fully saturated rings. The normalized spacial score (nSPS) is 24.6. The molecular formula is C19H21F2N3O2. The van der Waals surface area contributed by atoms with Gasteiger partial charge in [-0.3, -0.25) is 9.48 Å². The number of hydrogen-bond acceptors (Lipinski definition) is 4. The van der Waals surface area contributed by atoms with Crippen LogP contribution in [0, 0.1) is 12.8 Å². The molecule has 2 aromatic rings. The van der Waals surface area contributed by atoms with Crippen molar-refractivity contribution in [2.75, 3.05) is 6.61 Å². The summed E-state index contributed by atoms with van der Waals surface area (Å²) >= 11 is 0. The Labute approximate surface area is 150 Å². The zero-order valence-electron chi connectivity index (χ0n) is 14.6. The van der Waals surface area contributed by atoms with E-state index in [2.05, 4.69) is 10.1 Å². The van der Waals surface area contributed by atoms with Crippen LogP contribution < -0.4 is 4.74 Å². The second kappa shape index (κ2) is 6.45. The fourth-order valence-electron chi connectivity index (χ4n) is 4.24. The third kappa shape index (κ3) is 2.89. The quantitative estimate of drug-likeness (QED) is 0.724. The number of halogens is 2. The zero-order chi connectivity index (χ0) is 18.3. The lowest BCUT2D eigenvalue weighted by Gasteiger charge is -2.34. The highest BCUT2D eigenvalue weighted by molar-refractivity contribution is 5.77. The van der Waals surface area contributed by atoms with Gasteiger partial charge in [-0.1, -0.05) is 12.8 Å². The smallest absolute Gasteiger partial charge is 0.296 e. The molecule has 26 heavy (non-hydrogen) atoms. The second-order valence-electron chi connectivity index (χ2n) is 7.22. The van der Waals surface area contributed by atoms with Gasteiger partial charge in [-0.05, 0) is 31.9 Å². The van der Waals surface area contributed by atoms with Crippen molar-refractivity contribution >= 4 is 6.29 Å². The number of carbonyl (C=O) groups is 1. The Bertz CT molecular complexity index is 834. The number of nitrogens with zero attached hydrogens (tertiary/aromatic N) is 3. The SMILES string of the molecule is Cc1cc2c(c(C=O)n1)OCC1CCCCC1c1ccnn1CC2(F)F. The molecule has 2 aliphatic rings. The van der Waals surface area contributed by atoms with Gasteiger partial charge in [0.2, 0.25) is 0 Å². The van der Waals surface area contributed by atoms with E-state index < -0.39 is 12.5 Å².